The second kappa shape index (κ2) is 7.14. The minimum atomic E-state index is -0.198. The summed E-state index contributed by atoms with van der Waals surface area (Å²) >= 11 is 0. The smallest absolute Gasteiger partial charge is 0.251 e. The first-order valence-electron chi connectivity index (χ1n) is 7.83. The summed E-state index contributed by atoms with van der Waals surface area (Å²) in [5.74, 6) is -0.198. The number of benzene rings is 1. The van der Waals surface area contributed by atoms with Crippen molar-refractivity contribution < 1.29 is 9.90 Å². The fourth-order valence-electron chi connectivity index (χ4n) is 2.52. The molecule has 3 aromatic rings. The molecule has 0 bridgehead atoms. The number of rotatable bonds is 6. The van der Waals surface area contributed by atoms with Crippen LogP contribution in [-0.4, -0.2) is 33.6 Å². The van der Waals surface area contributed by atoms with Gasteiger partial charge in [-0.1, -0.05) is 12.1 Å². The summed E-state index contributed by atoms with van der Waals surface area (Å²) in [4.78, 5) is 16.5. The lowest BCUT2D eigenvalue weighted by molar-refractivity contribution is 0.0945. The predicted octanol–water partition coefficient (Wildman–Crippen LogP) is 1.98. The number of aliphatic hydroxyl groups is 1. The average molecular weight is 324 g/mol. The molecule has 0 spiro atoms. The Labute approximate surface area is 140 Å². The molecule has 124 valence electrons. The van der Waals surface area contributed by atoms with E-state index in [1.165, 1.54) is 0 Å². The van der Waals surface area contributed by atoms with Crippen molar-refractivity contribution in [3.05, 3.63) is 65.6 Å². The number of carbonyl (C=O) groups is 1. The van der Waals surface area contributed by atoms with Crippen LogP contribution in [0.5, 0.6) is 0 Å². The molecule has 1 amide bonds. The average Bonchev–Trinajstić information content (AvgIpc) is 3.03. The Morgan fingerprint density at radius 3 is 2.96 bits per heavy atom. The predicted molar refractivity (Wildman–Crippen MR) is 93.1 cm³/mol. The summed E-state index contributed by atoms with van der Waals surface area (Å²) in [7, 11) is 0. The van der Waals surface area contributed by atoms with Crippen molar-refractivity contribution in [2.75, 3.05) is 18.5 Å². The van der Waals surface area contributed by atoms with E-state index >= 15 is 0 Å². The van der Waals surface area contributed by atoms with Crippen LogP contribution >= 0.6 is 0 Å². The first kappa shape index (κ1) is 16.0. The van der Waals surface area contributed by atoms with Crippen LogP contribution in [-0.2, 0) is 6.54 Å². The normalized spacial score (nSPS) is 10.8. The maximum Gasteiger partial charge on any atom is 0.251 e. The second-order valence-corrected chi connectivity index (χ2v) is 5.57. The van der Waals surface area contributed by atoms with E-state index in [4.69, 9.17) is 5.11 Å². The number of imidazole rings is 1. The zero-order valence-corrected chi connectivity index (χ0v) is 13.5. The van der Waals surface area contributed by atoms with Gasteiger partial charge in [0, 0.05) is 30.2 Å². The number of carbonyl (C=O) groups excluding carboxylic acids is 1. The molecule has 3 N–H and O–H groups in total. The second-order valence-electron chi connectivity index (χ2n) is 5.57. The number of aromatic nitrogens is 2. The lowest BCUT2D eigenvalue weighted by Crippen LogP contribution is -2.26. The first-order chi connectivity index (χ1) is 11.7. The van der Waals surface area contributed by atoms with Crippen LogP contribution in [0.3, 0.4) is 0 Å². The van der Waals surface area contributed by atoms with Crippen LogP contribution in [0.25, 0.3) is 5.65 Å². The van der Waals surface area contributed by atoms with Gasteiger partial charge in [0.1, 0.15) is 5.65 Å². The third-order valence-corrected chi connectivity index (χ3v) is 3.72. The van der Waals surface area contributed by atoms with Crippen molar-refractivity contribution in [3.63, 3.8) is 0 Å². The highest BCUT2D eigenvalue weighted by atomic mass is 16.3. The van der Waals surface area contributed by atoms with E-state index in [0.717, 1.165) is 22.6 Å². The van der Waals surface area contributed by atoms with Crippen molar-refractivity contribution in [2.24, 2.45) is 0 Å². The number of fused-ring (bicyclic) bond motifs is 1. The minimum absolute atomic E-state index is 0.0724. The van der Waals surface area contributed by atoms with Gasteiger partial charge >= 0.3 is 0 Å². The van der Waals surface area contributed by atoms with E-state index in [2.05, 4.69) is 15.6 Å². The van der Waals surface area contributed by atoms with E-state index in [1.54, 1.807) is 12.1 Å². The quantitative estimate of drug-likeness (QED) is 0.648. The number of aliphatic hydroxyl groups excluding tert-OH is 1. The molecule has 0 aliphatic heterocycles. The summed E-state index contributed by atoms with van der Waals surface area (Å²) in [5.41, 5.74) is 4.41. The Balaban J connectivity index is 1.69. The van der Waals surface area contributed by atoms with Crippen molar-refractivity contribution in [3.8, 4) is 0 Å². The Morgan fingerprint density at radius 2 is 2.17 bits per heavy atom. The van der Waals surface area contributed by atoms with Gasteiger partial charge in [-0.15, -0.1) is 0 Å². The van der Waals surface area contributed by atoms with Crippen LogP contribution in [0.1, 0.15) is 21.6 Å². The van der Waals surface area contributed by atoms with Crippen LogP contribution in [0.4, 0.5) is 5.69 Å². The fourth-order valence-corrected chi connectivity index (χ4v) is 2.52. The van der Waals surface area contributed by atoms with Crippen molar-refractivity contribution in [1.82, 2.24) is 14.7 Å². The zero-order chi connectivity index (χ0) is 16.9. The largest absolute Gasteiger partial charge is 0.395 e. The molecule has 0 saturated heterocycles. The van der Waals surface area contributed by atoms with Gasteiger partial charge in [0.2, 0.25) is 0 Å². The van der Waals surface area contributed by atoms with Gasteiger partial charge in [-0.05, 0) is 36.8 Å². The van der Waals surface area contributed by atoms with Crippen molar-refractivity contribution in [2.45, 2.75) is 13.5 Å². The lowest BCUT2D eigenvalue weighted by Gasteiger charge is -2.07. The molecule has 2 aromatic heterocycles. The SMILES string of the molecule is Cc1cccn2cc(CNc3cccc(C(=O)NCCO)c3)nc12. The van der Waals surface area contributed by atoms with Crippen LogP contribution < -0.4 is 10.6 Å². The molecule has 0 aliphatic carbocycles. The molecular formula is C18H20N4O2. The number of nitrogens with one attached hydrogen (secondary N) is 2. The summed E-state index contributed by atoms with van der Waals surface area (Å²) in [6.07, 6.45) is 3.97. The molecule has 0 unspecified atom stereocenters. The van der Waals surface area contributed by atoms with Gasteiger partial charge in [0.05, 0.1) is 18.8 Å². The summed E-state index contributed by atoms with van der Waals surface area (Å²) < 4.78 is 2.01. The molecule has 0 radical (unpaired) electrons. The number of pyridine rings is 1. The van der Waals surface area contributed by atoms with E-state index in [1.807, 2.05) is 48.0 Å². The summed E-state index contributed by atoms with van der Waals surface area (Å²) in [6, 6.07) is 11.3. The van der Waals surface area contributed by atoms with Crippen molar-refractivity contribution >= 4 is 17.2 Å². The van der Waals surface area contributed by atoms with Gasteiger partial charge in [0.25, 0.3) is 5.91 Å². The molecule has 0 aliphatic rings. The molecule has 0 fully saturated rings. The molecule has 0 atom stereocenters. The molecule has 24 heavy (non-hydrogen) atoms. The molecule has 6 nitrogen and oxygen atoms in total. The first-order valence-corrected chi connectivity index (χ1v) is 7.83. The van der Waals surface area contributed by atoms with Crippen LogP contribution in [0.15, 0.2) is 48.8 Å². The summed E-state index contributed by atoms with van der Waals surface area (Å²) in [5, 5.41) is 14.7. The number of hydrogen-bond acceptors (Lipinski definition) is 4. The van der Waals surface area contributed by atoms with E-state index in [9.17, 15) is 4.79 Å². The number of aryl methyl sites for hydroxylation is 1. The number of nitrogens with zero attached hydrogens (tertiary/aromatic N) is 2. The third-order valence-electron chi connectivity index (χ3n) is 3.72. The number of amides is 1. The topological polar surface area (TPSA) is 78.7 Å². The lowest BCUT2D eigenvalue weighted by atomic mass is 10.2. The van der Waals surface area contributed by atoms with Gasteiger partial charge in [-0.3, -0.25) is 4.79 Å². The van der Waals surface area contributed by atoms with Gasteiger partial charge in [-0.25, -0.2) is 4.98 Å². The summed E-state index contributed by atoms with van der Waals surface area (Å²) in [6.45, 7) is 2.78. The van der Waals surface area contributed by atoms with Gasteiger partial charge in [0.15, 0.2) is 0 Å². The number of hydrogen-bond donors (Lipinski definition) is 3. The highest BCUT2D eigenvalue weighted by Gasteiger charge is 2.07. The Morgan fingerprint density at radius 1 is 1.29 bits per heavy atom. The standard InChI is InChI=1S/C18H20N4O2/c1-13-4-3-8-22-12-16(21-17(13)22)11-20-15-6-2-5-14(10-15)18(24)19-7-9-23/h2-6,8,10,12,20,23H,7,9,11H2,1H3,(H,19,24). The molecule has 2 heterocycles. The molecular weight excluding hydrogens is 304 g/mol. The minimum Gasteiger partial charge on any atom is -0.395 e. The fraction of sp³-hybridized carbons (Fsp3) is 0.222. The Kier molecular flexibility index (Phi) is 4.77. The zero-order valence-electron chi connectivity index (χ0n) is 13.5. The highest BCUT2D eigenvalue weighted by molar-refractivity contribution is 5.95. The van der Waals surface area contributed by atoms with Crippen LogP contribution in [0.2, 0.25) is 0 Å². The molecule has 3 rings (SSSR count). The maximum absolute atomic E-state index is 11.9. The molecule has 6 heteroatoms. The third kappa shape index (κ3) is 3.55. The van der Waals surface area contributed by atoms with E-state index in [0.29, 0.717) is 12.1 Å². The van der Waals surface area contributed by atoms with E-state index in [-0.39, 0.29) is 19.1 Å². The monoisotopic (exact) mass is 324 g/mol. The molecule has 1 aromatic carbocycles. The maximum atomic E-state index is 11.9. The van der Waals surface area contributed by atoms with E-state index < -0.39 is 0 Å². The molecule has 0 saturated carbocycles. The number of anilines is 1. The van der Waals surface area contributed by atoms with Gasteiger partial charge < -0.3 is 20.1 Å². The van der Waals surface area contributed by atoms with Crippen molar-refractivity contribution in [1.29, 1.82) is 0 Å². The van der Waals surface area contributed by atoms with Gasteiger partial charge in [-0.2, -0.15) is 0 Å². The Hall–Kier alpha value is -2.86. The Bertz CT molecular complexity index is 857. The van der Waals surface area contributed by atoms with Crippen LogP contribution in [0, 0.1) is 6.92 Å². The highest BCUT2D eigenvalue weighted by Crippen LogP contribution is 2.14.